The minimum Gasteiger partial charge on any atom is -0.365 e. The van der Waals surface area contributed by atoms with E-state index < -0.39 is 8.60 Å². The molecule has 20 heavy (non-hydrogen) atoms. The summed E-state index contributed by atoms with van der Waals surface area (Å²) in [5.74, 6) is 0. The second-order valence-corrected chi connectivity index (χ2v) is 6.40. The van der Waals surface area contributed by atoms with Crippen molar-refractivity contribution in [1.82, 2.24) is 0 Å². The van der Waals surface area contributed by atoms with Crippen LogP contribution in [0.2, 0.25) is 0 Å². The van der Waals surface area contributed by atoms with Crippen molar-refractivity contribution in [1.29, 1.82) is 0 Å². The van der Waals surface area contributed by atoms with Crippen molar-refractivity contribution >= 4 is 21.2 Å². The molecule has 0 aromatic heterocycles. The van der Waals surface area contributed by atoms with Gasteiger partial charge in [0.2, 0.25) is 0 Å². The predicted molar refractivity (Wildman–Crippen MR) is 87.9 cm³/mol. The van der Waals surface area contributed by atoms with Gasteiger partial charge in [-0.15, -0.1) is 12.6 Å². The number of thiol groups is 1. The highest BCUT2D eigenvalue weighted by atomic mass is 32.1. The largest absolute Gasteiger partial charge is 0.365 e. The van der Waals surface area contributed by atoms with Crippen LogP contribution in [-0.2, 0) is 9.26 Å². The monoisotopic (exact) mass is 326 g/mol. The van der Waals surface area contributed by atoms with Gasteiger partial charge in [-0.2, -0.15) is 0 Å². The van der Waals surface area contributed by atoms with Crippen molar-refractivity contribution < 1.29 is 19.0 Å². The first kappa shape index (κ1) is 20.6. The summed E-state index contributed by atoms with van der Waals surface area (Å²) in [6, 6.07) is 0. The predicted octanol–water partition coefficient (Wildman–Crippen LogP) is 4.41. The first-order valence-corrected chi connectivity index (χ1v) is 9.45. The van der Waals surface area contributed by atoms with E-state index in [9.17, 15) is 0 Å². The minimum absolute atomic E-state index is 0.111. The standard InChI is InChI=1S/C14H31O4PS/c1-2-3-4-5-6-7-8-9-10-11-12-17-14(20)13-18-19(15)16/h14-16,20H,2-13H2,1H3. The third-order valence-electron chi connectivity index (χ3n) is 3.14. The van der Waals surface area contributed by atoms with Crippen molar-refractivity contribution in [2.24, 2.45) is 0 Å². The Morgan fingerprint density at radius 1 is 0.900 bits per heavy atom. The van der Waals surface area contributed by atoms with E-state index in [2.05, 4.69) is 24.1 Å². The van der Waals surface area contributed by atoms with E-state index in [4.69, 9.17) is 14.5 Å². The molecule has 0 radical (unpaired) electrons. The summed E-state index contributed by atoms with van der Waals surface area (Å²) in [6.07, 6.45) is 13.0. The molecule has 2 N–H and O–H groups in total. The SMILES string of the molecule is CCCCCCCCCCCCOC(S)COP(O)O. The summed E-state index contributed by atoms with van der Waals surface area (Å²) < 4.78 is 10.0. The molecule has 0 aliphatic carbocycles. The smallest absolute Gasteiger partial charge is 0.327 e. The van der Waals surface area contributed by atoms with Crippen molar-refractivity contribution in [3.63, 3.8) is 0 Å². The number of unbranched alkanes of at least 4 members (excludes halogenated alkanes) is 9. The summed E-state index contributed by atoms with van der Waals surface area (Å²) in [7, 11) is -2.30. The molecule has 0 fully saturated rings. The van der Waals surface area contributed by atoms with Gasteiger partial charge in [-0.05, 0) is 6.42 Å². The zero-order chi connectivity index (χ0) is 15.1. The van der Waals surface area contributed by atoms with Crippen molar-refractivity contribution in [3.8, 4) is 0 Å². The topological polar surface area (TPSA) is 58.9 Å². The molecule has 0 aliphatic rings. The fourth-order valence-electron chi connectivity index (χ4n) is 1.99. The van der Waals surface area contributed by atoms with E-state index in [1.54, 1.807) is 0 Å². The second kappa shape index (κ2) is 16.0. The van der Waals surface area contributed by atoms with E-state index in [1.807, 2.05) is 0 Å². The van der Waals surface area contributed by atoms with Crippen molar-refractivity contribution in [2.45, 2.75) is 76.6 Å². The number of hydrogen-bond acceptors (Lipinski definition) is 5. The highest BCUT2D eigenvalue weighted by Gasteiger charge is 2.06. The molecule has 4 nitrogen and oxygen atoms in total. The number of ether oxygens (including phenoxy) is 1. The van der Waals surface area contributed by atoms with Crippen molar-refractivity contribution in [2.75, 3.05) is 13.2 Å². The van der Waals surface area contributed by atoms with E-state index in [0.717, 1.165) is 6.42 Å². The van der Waals surface area contributed by atoms with Crippen LogP contribution in [0.15, 0.2) is 0 Å². The van der Waals surface area contributed by atoms with Crippen molar-refractivity contribution in [3.05, 3.63) is 0 Å². The first-order chi connectivity index (χ1) is 9.66. The van der Waals surface area contributed by atoms with Gasteiger partial charge in [-0.1, -0.05) is 64.7 Å². The Morgan fingerprint density at radius 2 is 1.40 bits per heavy atom. The summed E-state index contributed by atoms with van der Waals surface area (Å²) in [6.45, 7) is 3.01. The third kappa shape index (κ3) is 16.7. The highest BCUT2D eigenvalue weighted by Crippen LogP contribution is 2.25. The van der Waals surface area contributed by atoms with Crippen LogP contribution >= 0.6 is 21.2 Å². The summed E-state index contributed by atoms with van der Waals surface area (Å²) in [4.78, 5) is 17.1. The molecular weight excluding hydrogens is 295 g/mol. The molecule has 0 aromatic carbocycles. The third-order valence-corrected chi connectivity index (χ3v) is 3.82. The summed E-state index contributed by atoms with van der Waals surface area (Å²) >= 11 is 4.14. The first-order valence-electron chi connectivity index (χ1n) is 7.77. The average molecular weight is 326 g/mol. The maximum Gasteiger partial charge on any atom is 0.327 e. The van der Waals surface area contributed by atoms with E-state index in [-0.39, 0.29) is 12.0 Å². The van der Waals surface area contributed by atoms with E-state index >= 15 is 0 Å². The number of hydrogen-bond donors (Lipinski definition) is 3. The van der Waals surface area contributed by atoms with Gasteiger partial charge in [0.15, 0.2) is 0 Å². The van der Waals surface area contributed by atoms with E-state index in [1.165, 1.54) is 57.8 Å². The van der Waals surface area contributed by atoms with Gasteiger partial charge in [-0.3, -0.25) is 0 Å². The number of rotatable bonds is 15. The Bertz CT molecular complexity index is 196. The molecule has 1 unspecified atom stereocenters. The lowest BCUT2D eigenvalue weighted by molar-refractivity contribution is 0.0706. The van der Waals surface area contributed by atoms with Gasteiger partial charge < -0.3 is 19.0 Å². The normalized spacial score (nSPS) is 13.1. The van der Waals surface area contributed by atoms with Gasteiger partial charge in [-0.25, -0.2) is 0 Å². The molecule has 0 rings (SSSR count). The van der Waals surface area contributed by atoms with Gasteiger partial charge in [0.1, 0.15) is 5.44 Å². The molecule has 0 heterocycles. The minimum atomic E-state index is -2.30. The molecule has 1 atom stereocenters. The zero-order valence-corrected chi connectivity index (χ0v) is 14.5. The maximum atomic E-state index is 8.57. The molecule has 6 heteroatoms. The van der Waals surface area contributed by atoms with Crippen LogP contribution in [0, 0.1) is 0 Å². The van der Waals surface area contributed by atoms with Crippen LogP contribution in [0.1, 0.15) is 71.1 Å². The Labute approximate surface area is 130 Å². The summed E-state index contributed by atoms with van der Waals surface area (Å²) in [5.41, 5.74) is -0.377. The Balaban J connectivity index is 3.09. The average Bonchev–Trinajstić information content (AvgIpc) is 2.42. The van der Waals surface area contributed by atoms with E-state index in [0.29, 0.717) is 6.61 Å². The molecule has 0 aliphatic heterocycles. The molecule has 0 spiro atoms. The van der Waals surface area contributed by atoms with Crippen LogP contribution in [0.3, 0.4) is 0 Å². The molecular formula is C14H31O4PS. The van der Waals surface area contributed by atoms with Gasteiger partial charge >= 0.3 is 8.60 Å². The van der Waals surface area contributed by atoms with Crippen LogP contribution in [0.4, 0.5) is 0 Å². The van der Waals surface area contributed by atoms with Gasteiger partial charge in [0, 0.05) is 6.61 Å². The second-order valence-electron chi connectivity index (χ2n) is 5.06. The molecule has 0 amide bonds. The quantitative estimate of drug-likeness (QED) is 0.181. The molecule has 122 valence electrons. The molecule has 0 aromatic rings. The Kier molecular flexibility index (Phi) is 16.5. The summed E-state index contributed by atoms with van der Waals surface area (Å²) in [5, 5.41) is 0. The Hall–Kier alpha value is 0.620. The van der Waals surface area contributed by atoms with Crippen LogP contribution in [0.25, 0.3) is 0 Å². The van der Waals surface area contributed by atoms with Crippen LogP contribution in [0.5, 0.6) is 0 Å². The van der Waals surface area contributed by atoms with Gasteiger partial charge in [0.05, 0.1) is 6.61 Å². The van der Waals surface area contributed by atoms with Crippen LogP contribution < -0.4 is 0 Å². The fraction of sp³-hybridized carbons (Fsp3) is 1.00. The fourth-order valence-corrected chi connectivity index (χ4v) is 2.55. The maximum absolute atomic E-state index is 8.57. The molecule has 0 bridgehead atoms. The highest BCUT2D eigenvalue weighted by molar-refractivity contribution is 7.80. The lowest BCUT2D eigenvalue weighted by Crippen LogP contribution is -2.12. The van der Waals surface area contributed by atoms with Gasteiger partial charge in [0.25, 0.3) is 0 Å². The van der Waals surface area contributed by atoms with Crippen LogP contribution in [-0.4, -0.2) is 28.4 Å². The Morgan fingerprint density at radius 3 is 1.90 bits per heavy atom. The molecule has 0 saturated carbocycles. The molecule has 0 saturated heterocycles. The lowest BCUT2D eigenvalue weighted by atomic mass is 10.1. The lowest BCUT2D eigenvalue weighted by Gasteiger charge is -2.12. The zero-order valence-electron chi connectivity index (χ0n) is 12.7.